The van der Waals surface area contributed by atoms with E-state index in [1.807, 2.05) is 21.9 Å². The van der Waals surface area contributed by atoms with E-state index in [4.69, 9.17) is 19.9 Å². The SMILES string of the molecule is CCCCN(CCN)C(=O)CN1C[C@H](c2cc(OC)c3c(c2)OCO3)C(C(=O)O)[C@@H]1CCN1CCCCC1=O. The predicted octanol–water partition coefficient (Wildman–Crippen LogP) is 1.88. The van der Waals surface area contributed by atoms with Crippen LogP contribution in [0.25, 0.3) is 0 Å². The van der Waals surface area contributed by atoms with Gasteiger partial charge >= 0.3 is 5.97 Å². The van der Waals surface area contributed by atoms with E-state index in [1.165, 1.54) is 7.11 Å². The van der Waals surface area contributed by atoms with Gasteiger partial charge < -0.3 is 34.9 Å². The van der Waals surface area contributed by atoms with E-state index in [9.17, 15) is 19.5 Å². The number of methoxy groups -OCH3 is 1. The van der Waals surface area contributed by atoms with Crippen LogP contribution >= 0.6 is 0 Å². The number of hydrogen-bond donors (Lipinski definition) is 2. The number of hydrogen-bond acceptors (Lipinski definition) is 8. The highest BCUT2D eigenvalue weighted by Gasteiger charge is 2.48. The third-order valence-corrected chi connectivity index (χ3v) is 8.13. The van der Waals surface area contributed by atoms with E-state index in [1.54, 1.807) is 4.90 Å². The zero-order chi connectivity index (χ0) is 27.9. The van der Waals surface area contributed by atoms with Gasteiger partial charge in [-0.1, -0.05) is 13.3 Å². The molecule has 3 atom stereocenters. The number of piperidine rings is 1. The van der Waals surface area contributed by atoms with Crippen LogP contribution in [0.2, 0.25) is 0 Å². The summed E-state index contributed by atoms with van der Waals surface area (Å²) >= 11 is 0. The zero-order valence-electron chi connectivity index (χ0n) is 23.1. The molecule has 1 unspecified atom stereocenters. The Hall–Kier alpha value is -3.05. The van der Waals surface area contributed by atoms with Crippen LogP contribution < -0.4 is 19.9 Å². The Morgan fingerprint density at radius 3 is 2.74 bits per heavy atom. The maximum absolute atomic E-state index is 13.4. The van der Waals surface area contributed by atoms with Crippen molar-refractivity contribution >= 4 is 17.8 Å². The number of carboxylic acids is 1. The lowest BCUT2D eigenvalue weighted by atomic mass is 9.84. The average Bonchev–Trinajstić information content (AvgIpc) is 3.54. The van der Waals surface area contributed by atoms with Crippen molar-refractivity contribution in [1.29, 1.82) is 0 Å². The third-order valence-electron chi connectivity index (χ3n) is 8.13. The van der Waals surface area contributed by atoms with Gasteiger partial charge in [0.2, 0.25) is 24.4 Å². The molecule has 4 rings (SSSR count). The number of nitrogens with zero attached hydrogens (tertiary/aromatic N) is 3. The minimum Gasteiger partial charge on any atom is -0.493 e. The standard InChI is InChI=1S/C28H42N4O7/c1-3-4-10-31(13-9-29)25(34)17-32-16-20(19-14-22(37-2)27-23(15-19)38-18-39-27)26(28(35)36)21(32)8-12-30-11-6-5-7-24(30)33/h14-15,20-21,26H,3-13,16-18,29H2,1-2H3,(H,35,36)/t20-,21+,26?/m1/s1. The third kappa shape index (κ3) is 6.58. The van der Waals surface area contributed by atoms with Crippen LogP contribution in [0.1, 0.15) is 56.9 Å². The summed E-state index contributed by atoms with van der Waals surface area (Å²) in [6.45, 7) is 5.24. The number of amides is 2. The summed E-state index contributed by atoms with van der Waals surface area (Å²) in [5.41, 5.74) is 6.56. The summed E-state index contributed by atoms with van der Waals surface area (Å²) in [5.74, 6) is -0.533. The van der Waals surface area contributed by atoms with E-state index in [0.717, 1.165) is 31.2 Å². The molecule has 216 valence electrons. The molecule has 2 fully saturated rings. The molecule has 3 N–H and O–H groups in total. The second-order valence-corrected chi connectivity index (χ2v) is 10.6. The lowest BCUT2D eigenvalue weighted by Crippen LogP contribution is -2.47. The van der Waals surface area contributed by atoms with Gasteiger partial charge in [-0.05, 0) is 43.4 Å². The normalized spacial score (nSPS) is 22.8. The van der Waals surface area contributed by atoms with Gasteiger partial charge in [0.25, 0.3) is 0 Å². The summed E-state index contributed by atoms with van der Waals surface area (Å²) in [6, 6.07) is 3.21. The van der Waals surface area contributed by atoms with Crippen LogP contribution in [-0.4, -0.2) is 103 Å². The number of likely N-dealkylation sites (tertiary alicyclic amines) is 2. The highest BCUT2D eigenvalue weighted by atomic mass is 16.7. The maximum Gasteiger partial charge on any atom is 0.308 e. The van der Waals surface area contributed by atoms with Crippen molar-refractivity contribution in [3.05, 3.63) is 17.7 Å². The maximum atomic E-state index is 13.4. The first-order valence-corrected chi connectivity index (χ1v) is 14.1. The molecule has 11 heteroatoms. The number of nitrogens with two attached hydrogens (primary N) is 1. The van der Waals surface area contributed by atoms with Crippen LogP contribution in [0.5, 0.6) is 17.2 Å². The molecule has 0 bridgehead atoms. The quantitative estimate of drug-likeness (QED) is 0.380. The van der Waals surface area contributed by atoms with Crippen molar-refractivity contribution < 1.29 is 33.7 Å². The number of fused-ring (bicyclic) bond motifs is 1. The van der Waals surface area contributed by atoms with Crippen molar-refractivity contribution in [2.24, 2.45) is 11.7 Å². The fourth-order valence-corrected chi connectivity index (χ4v) is 6.08. The minimum atomic E-state index is -0.925. The van der Waals surface area contributed by atoms with E-state index < -0.39 is 23.8 Å². The lowest BCUT2D eigenvalue weighted by molar-refractivity contribution is -0.144. The molecule has 3 aliphatic heterocycles. The van der Waals surface area contributed by atoms with Gasteiger partial charge in [0.15, 0.2) is 11.5 Å². The number of benzene rings is 1. The molecule has 0 saturated carbocycles. The summed E-state index contributed by atoms with van der Waals surface area (Å²) in [5, 5.41) is 10.5. The molecular formula is C28H42N4O7. The van der Waals surface area contributed by atoms with Gasteiger partial charge in [-0.15, -0.1) is 0 Å². The number of carboxylic acid groups (broad SMARTS) is 1. The molecule has 0 radical (unpaired) electrons. The monoisotopic (exact) mass is 546 g/mol. The molecule has 0 spiro atoms. The van der Waals surface area contributed by atoms with E-state index in [0.29, 0.717) is 69.4 Å². The second-order valence-electron chi connectivity index (χ2n) is 10.6. The summed E-state index contributed by atoms with van der Waals surface area (Å²) in [6.07, 6.45) is 4.68. The molecule has 2 saturated heterocycles. The highest BCUT2D eigenvalue weighted by Crippen LogP contribution is 2.47. The molecule has 39 heavy (non-hydrogen) atoms. The average molecular weight is 547 g/mol. The van der Waals surface area contributed by atoms with Gasteiger partial charge in [0, 0.05) is 57.6 Å². The molecular weight excluding hydrogens is 504 g/mol. The molecule has 0 aromatic heterocycles. The van der Waals surface area contributed by atoms with Gasteiger partial charge in [-0.3, -0.25) is 19.3 Å². The van der Waals surface area contributed by atoms with Gasteiger partial charge in [-0.25, -0.2) is 0 Å². The first-order valence-electron chi connectivity index (χ1n) is 14.1. The van der Waals surface area contributed by atoms with Crippen LogP contribution in [0.4, 0.5) is 0 Å². The molecule has 1 aromatic rings. The Morgan fingerprint density at radius 1 is 1.23 bits per heavy atom. The van der Waals surface area contributed by atoms with Gasteiger partial charge in [0.1, 0.15) is 0 Å². The Morgan fingerprint density at radius 2 is 2.05 bits per heavy atom. The number of aliphatic carboxylic acids is 1. The van der Waals surface area contributed by atoms with Crippen molar-refractivity contribution in [2.75, 3.05) is 59.7 Å². The summed E-state index contributed by atoms with van der Waals surface area (Å²) < 4.78 is 16.7. The molecule has 3 aliphatic rings. The van der Waals surface area contributed by atoms with Gasteiger partial charge in [0.05, 0.1) is 19.6 Å². The minimum absolute atomic E-state index is 0.0546. The first kappa shape index (κ1) is 28.9. The second kappa shape index (κ2) is 13.3. The van der Waals surface area contributed by atoms with Gasteiger partial charge in [-0.2, -0.15) is 0 Å². The Labute approximate surface area is 230 Å². The predicted molar refractivity (Wildman–Crippen MR) is 144 cm³/mol. The zero-order valence-corrected chi connectivity index (χ0v) is 23.1. The van der Waals surface area contributed by atoms with Crippen molar-refractivity contribution in [3.63, 3.8) is 0 Å². The summed E-state index contributed by atoms with van der Waals surface area (Å²) in [7, 11) is 1.54. The number of ether oxygens (including phenoxy) is 3. The van der Waals surface area contributed by atoms with E-state index in [-0.39, 0.29) is 25.2 Å². The number of carbonyl (C=O) groups is 3. The summed E-state index contributed by atoms with van der Waals surface area (Å²) in [4.78, 5) is 44.3. The van der Waals surface area contributed by atoms with Crippen LogP contribution in [-0.2, 0) is 14.4 Å². The smallest absolute Gasteiger partial charge is 0.308 e. The fourth-order valence-electron chi connectivity index (χ4n) is 6.08. The largest absolute Gasteiger partial charge is 0.493 e. The lowest BCUT2D eigenvalue weighted by Gasteiger charge is -2.32. The highest BCUT2D eigenvalue weighted by molar-refractivity contribution is 5.79. The van der Waals surface area contributed by atoms with Crippen LogP contribution in [0.15, 0.2) is 12.1 Å². The van der Waals surface area contributed by atoms with Crippen molar-refractivity contribution in [3.8, 4) is 17.2 Å². The van der Waals surface area contributed by atoms with Crippen LogP contribution in [0.3, 0.4) is 0 Å². The molecule has 0 aliphatic carbocycles. The topological polar surface area (TPSA) is 135 Å². The van der Waals surface area contributed by atoms with E-state index in [2.05, 4.69) is 6.92 Å². The Kier molecular flexibility index (Phi) is 9.90. The molecule has 1 aromatic carbocycles. The first-order chi connectivity index (χ1) is 18.9. The number of rotatable bonds is 13. The number of unbranched alkanes of at least 4 members (excludes halogenated alkanes) is 1. The number of carbonyl (C=O) groups excluding carboxylic acids is 2. The molecule has 11 nitrogen and oxygen atoms in total. The van der Waals surface area contributed by atoms with Crippen molar-refractivity contribution in [1.82, 2.24) is 14.7 Å². The Balaban J connectivity index is 1.62. The molecule has 2 amide bonds. The van der Waals surface area contributed by atoms with Crippen LogP contribution in [0, 0.1) is 5.92 Å². The van der Waals surface area contributed by atoms with Crippen molar-refractivity contribution in [2.45, 2.75) is 57.4 Å². The fraction of sp³-hybridized carbons (Fsp3) is 0.679. The molecule has 3 heterocycles. The van der Waals surface area contributed by atoms with E-state index >= 15 is 0 Å². The Bertz CT molecular complexity index is 1040.